The second-order valence-corrected chi connectivity index (χ2v) is 6.22. The maximum Gasteiger partial charge on any atom is 0.229 e. The highest BCUT2D eigenvalue weighted by molar-refractivity contribution is 7.14. The highest BCUT2D eigenvalue weighted by atomic mass is 32.1. The summed E-state index contributed by atoms with van der Waals surface area (Å²) in [4.78, 5) is 16.3. The molecule has 3 aromatic rings. The Labute approximate surface area is 126 Å². The predicted molar refractivity (Wildman–Crippen MR) is 86.4 cm³/mol. The number of carbonyl (C=O) groups excluding carboxylic acids is 1. The van der Waals surface area contributed by atoms with Crippen LogP contribution in [0.5, 0.6) is 0 Å². The van der Waals surface area contributed by atoms with Crippen molar-refractivity contribution in [1.29, 1.82) is 0 Å². The zero-order valence-corrected chi connectivity index (χ0v) is 12.2. The van der Waals surface area contributed by atoms with Crippen LogP contribution >= 0.6 is 11.3 Å². The molecule has 0 spiro atoms. The van der Waals surface area contributed by atoms with Crippen molar-refractivity contribution in [3.63, 3.8) is 0 Å². The van der Waals surface area contributed by atoms with Gasteiger partial charge in [0.2, 0.25) is 5.91 Å². The van der Waals surface area contributed by atoms with Crippen molar-refractivity contribution in [2.45, 2.75) is 12.8 Å². The van der Waals surface area contributed by atoms with Crippen LogP contribution in [0.3, 0.4) is 0 Å². The van der Waals surface area contributed by atoms with Gasteiger partial charge in [0, 0.05) is 16.9 Å². The van der Waals surface area contributed by atoms with Crippen LogP contribution in [0.15, 0.2) is 47.8 Å². The van der Waals surface area contributed by atoms with Gasteiger partial charge >= 0.3 is 0 Å². The quantitative estimate of drug-likeness (QED) is 0.782. The summed E-state index contributed by atoms with van der Waals surface area (Å²) in [7, 11) is 0. The van der Waals surface area contributed by atoms with E-state index in [0.29, 0.717) is 5.13 Å². The highest BCUT2D eigenvalue weighted by Gasteiger charge is 2.30. The van der Waals surface area contributed by atoms with Gasteiger partial charge in [-0.1, -0.05) is 36.4 Å². The molecule has 104 valence electrons. The monoisotopic (exact) mass is 294 g/mol. The average molecular weight is 294 g/mol. The molecule has 1 heterocycles. The first-order chi connectivity index (χ1) is 10.3. The topological polar surface area (TPSA) is 42.0 Å². The summed E-state index contributed by atoms with van der Waals surface area (Å²) in [6, 6.07) is 14.6. The van der Waals surface area contributed by atoms with E-state index in [9.17, 15) is 4.79 Å². The summed E-state index contributed by atoms with van der Waals surface area (Å²) >= 11 is 1.48. The fourth-order valence-electron chi connectivity index (χ4n) is 2.37. The van der Waals surface area contributed by atoms with Crippen LogP contribution in [0.2, 0.25) is 0 Å². The second-order valence-electron chi connectivity index (χ2n) is 5.36. The smallest absolute Gasteiger partial charge is 0.229 e. The van der Waals surface area contributed by atoms with Crippen molar-refractivity contribution in [2.24, 2.45) is 5.92 Å². The molecular formula is C17H14N2OS. The lowest BCUT2D eigenvalue weighted by Crippen LogP contribution is -2.12. The third kappa shape index (κ3) is 2.54. The zero-order valence-electron chi connectivity index (χ0n) is 11.4. The fourth-order valence-corrected chi connectivity index (χ4v) is 3.09. The van der Waals surface area contributed by atoms with Gasteiger partial charge in [0.25, 0.3) is 0 Å². The van der Waals surface area contributed by atoms with E-state index in [1.165, 1.54) is 22.1 Å². The molecule has 1 N–H and O–H groups in total. The molecular weight excluding hydrogens is 280 g/mol. The average Bonchev–Trinajstić information content (AvgIpc) is 3.27. The molecule has 2 aromatic carbocycles. The van der Waals surface area contributed by atoms with Crippen LogP contribution in [-0.4, -0.2) is 10.9 Å². The Morgan fingerprint density at radius 3 is 2.76 bits per heavy atom. The molecule has 0 atom stereocenters. The number of anilines is 1. The first-order valence-corrected chi connectivity index (χ1v) is 7.93. The Hall–Kier alpha value is -2.20. The summed E-state index contributed by atoms with van der Waals surface area (Å²) in [5.41, 5.74) is 1.99. The molecule has 21 heavy (non-hydrogen) atoms. The predicted octanol–water partition coefficient (Wildman–Crippen LogP) is 4.31. The molecule has 1 fully saturated rings. The standard InChI is InChI=1S/C17H14N2OS/c20-16(12-6-7-12)19-17-18-15(10-21-17)14-8-5-11-3-1-2-4-13(11)9-14/h1-5,8-10,12H,6-7H2,(H,18,19,20). The number of nitrogens with one attached hydrogen (secondary N) is 1. The molecule has 4 heteroatoms. The van der Waals surface area contributed by atoms with Crippen LogP contribution in [0, 0.1) is 5.92 Å². The molecule has 0 saturated heterocycles. The largest absolute Gasteiger partial charge is 0.302 e. The number of aromatic nitrogens is 1. The molecule has 0 radical (unpaired) electrons. The SMILES string of the molecule is O=C(Nc1nc(-c2ccc3ccccc3c2)cs1)C1CC1. The summed E-state index contributed by atoms with van der Waals surface area (Å²) in [5.74, 6) is 0.312. The molecule has 1 aromatic heterocycles. The van der Waals surface area contributed by atoms with Gasteiger partial charge in [0.05, 0.1) is 5.69 Å². The minimum absolute atomic E-state index is 0.106. The van der Waals surface area contributed by atoms with E-state index in [0.717, 1.165) is 24.1 Å². The van der Waals surface area contributed by atoms with Gasteiger partial charge in [-0.05, 0) is 29.7 Å². The van der Waals surface area contributed by atoms with Crippen molar-refractivity contribution in [3.8, 4) is 11.3 Å². The van der Waals surface area contributed by atoms with Crippen molar-refractivity contribution < 1.29 is 4.79 Å². The molecule has 3 nitrogen and oxygen atoms in total. The molecule has 1 aliphatic carbocycles. The first kappa shape index (κ1) is 12.5. The maximum atomic E-state index is 11.8. The summed E-state index contributed by atoms with van der Waals surface area (Å²) in [5, 5.41) is 8.00. The fraction of sp³-hybridized carbons (Fsp3) is 0.176. The summed E-state index contributed by atoms with van der Waals surface area (Å²) in [6.45, 7) is 0. The normalized spacial score (nSPS) is 14.3. The van der Waals surface area contributed by atoms with Crippen LogP contribution in [0.4, 0.5) is 5.13 Å². The van der Waals surface area contributed by atoms with E-state index in [2.05, 4.69) is 40.6 Å². The van der Waals surface area contributed by atoms with E-state index in [1.807, 2.05) is 17.5 Å². The number of fused-ring (bicyclic) bond motifs is 1. The second kappa shape index (κ2) is 4.97. The number of carbonyl (C=O) groups is 1. The van der Waals surface area contributed by atoms with Crippen LogP contribution in [0.1, 0.15) is 12.8 Å². The molecule has 0 bridgehead atoms. The Balaban J connectivity index is 1.62. The Morgan fingerprint density at radius 2 is 1.95 bits per heavy atom. The van der Waals surface area contributed by atoms with Crippen molar-refractivity contribution in [1.82, 2.24) is 4.98 Å². The van der Waals surface area contributed by atoms with Crippen LogP contribution < -0.4 is 5.32 Å². The third-order valence-electron chi connectivity index (χ3n) is 3.73. The number of amides is 1. The molecule has 1 amide bonds. The van der Waals surface area contributed by atoms with E-state index in [-0.39, 0.29) is 11.8 Å². The summed E-state index contributed by atoms with van der Waals surface area (Å²) < 4.78 is 0. The third-order valence-corrected chi connectivity index (χ3v) is 4.49. The van der Waals surface area contributed by atoms with E-state index in [4.69, 9.17) is 0 Å². The first-order valence-electron chi connectivity index (χ1n) is 7.05. The lowest BCUT2D eigenvalue weighted by molar-refractivity contribution is -0.117. The highest BCUT2D eigenvalue weighted by Crippen LogP contribution is 2.32. The molecule has 1 saturated carbocycles. The number of rotatable bonds is 3. The number of nitrogens with zero attached hydrogens (tertiary/aromatic N) is 1. The zero-order chi connectivity index (χ0) is 14.2. The van der Waals surface area contributed by atoms with Crippen LogP contribution in [0.25, 0.3) is 22.0 Å². The molecule has 0 aliphatic heterocycles. The minimum Gasteiger partial charge on any atom is -0.302 e. The Bertz CT molecular complexity index is 820. The number of thiazole rings is 1. The van der Waals surface area contributed by atoms with Crippen molar-refractivity contribution in [3.05, 3.63) is 47.8 Å². The van der Waals surface area contributed by atoms with E-state index >= 15 is 0 Å². The number of hydrogen-bond acceptors (Lipinski definition) is 3. The lowest BCUT2D eigenvalue weighted by atomic mass is 10.1. The van der Waals surface area contributed by atoms with Crippen molar-refractivity contribution >= 4 is 33.1 Å². The number of benzene rings is 2. The Morgan fingerprint density at radius 1 is 1.14 bits per heavy atom. The number of hydrogen-bond donors (Lipinski definition) is 1. The van der Waals surface area contributed by atoms with Gasteiger partial charge in [-0.15, -0.1) is 11.3 Å². The van der Waals surface area contributed by atoms with Gasteiger partial charge in [0.15, 0.2) is 5.13 Å². The van der Waals surface area contributed by atoms with Gasteiger partial charge < -0.3 is 5.32 Å². The van der Waals surface area contributed by atoms with E-state index < -0.39 is 0 Å². The van der Waals surface area contributed by atoms with Crippen molar-refractivity contribution in [2.75, 3.05) is 5.32 Å². The molecule has 4 rings (SSSR count). The van der Waals surface area contributed by atoms with Gasteiger partial charge in [0.1, 0.15) is 0 Å². The molecule has 0 unspecified atom stereocenters. The Kier molecular flexibility index (Phi) is 2.97. The van der Waals surface area contributed by atoms with Gasteiger partial charge in [-0.2, -0.15) is 0 Å². The van der Waals surface area contributed by atoms with Crippen LogP contribution in [-0.2, 0) is 4.79 Å². The van der Waals surface area contributed by atoms with Gasteiger partial charge in [-0.25, -0.2) is 4.98 Å². The minimum atomic E-state index is 0.106. The van der Waals surface area contributed by atoms with Gasteiger partial charge in [-0.3, -0.25) is 4.79 Å². The lowest BCUT2D eigenvalue weighted by Gasteiger charge is -2.01. The maximum absolute atomic E-state index is 11.8. The van der Waals surface area contributed by atoms with E-state index in [1.54, 1.807) is 0 Å². The molecule has 1 aliphatic rings. The summed E-state index contributed by atoms with van der Waals surface area (Å²) in [6.07, 6.45) is 2.02.